The van der Waals surface area contributed by atoms with Gasteiger partial charge in [0.25, 0.3) is 0 Å². The van der Waals surface area contributed by atoms with Crippen LogP contribution in [0.15, 0.2) is 30.3 Å². The van der Waals surface area contributed by atoms with E-state index in [1.54, 1.807) is 0 Å². The molecule has 32 heavy (non-hydrogen) atoms. The third kappa shape index (κ3) is 5.99. The van der Waals surface area contributed by atoms with Crippen molar-refractivity contribution < 1.29 is 14.0 Å². The maximum atomic E-state index is 6.88. The average molecular weight is 440 g/mol. The standard InChI is InChI=1S/C28H45BO3/c1-4-26(21(2)22(3)30-20-23-14-8-5-9-15-23)29-31-27(24-16-10-6-11-17-24)28(32-29)25-18-12-7-13-19-25/h5,8-9,14-15,21-22,24-28H,4,6-7,10-13,16-20H2,1-3H3/t21-,22+,26-,27+,28+/m1/s1. The number of hydrogen-bond acceptors (Lipinski definition) is 3. The topological polar surface area (TPSA) is 27.7 Å². The zero-order chi connectivity index (χ0) is 22.3. The van der Waals surface area contributed by atoms with Crippen molar-refractivity contribution in [1.29, 1.82) is 0 Å². The van der Waals surface area contributed by atoms with Crippen molar-refractivity contribution in [2.24, 2.45) is 17.8 Å². The summed E-state index contributed by atoms with van der Waals surface area (Å²) in [6.07, 6.45) is 15.4. The second kappa shape index (κ2) is 12.0. The highest BCUT2D eigenvalue weighted by Crippen LogP contribution is 2.44. The van der Waals surface area contributed by atoms with Gasteiger partial charge in [-0.25, -0.2) is 0 Å². The molecule has 2 aliphatic carbocycles. The van der Waals surface area contributed by atoms with Crippen LogP contribution in [0.2, 0.25) is 5.82 Å². The molecule has 0 spiro atoms. The first-order valence-electron chi connectivity index (χ1n) is 13.6. The first kappa shape index (κ1) is 24.3. The average Bonchev–Trinajstić information content (AvgIpc) is 3.30. The van der Waals surface area contributed by atoms with E-state index < -0.39 is 0 Å². The van der Waals surface area contributed by atoms with Crippen molar-refractivity contribution in [2.45, 2.75) is 122 Å². The van der Waals surface area contributed by atoms with Gasteiger partial charge in [-0.05, 0) is 61.7 Å². The van der Waals surface area contributed by atoms with Crippen LogP contribution in [-0.2, 0) is 20.7 Å². The smallest absolute Gasteiger partial charge is 0.405 e. The van der Waals surface area contributed by atoms with Gasteiger partial charge in [0, 0.05) is 0 Å². The summed E-state index contributed by atoms with van der Waals surface area (Å²) in [5, 5.41) is 0. The van der Waals surface area contributed by atoms with Crippen LogP contribution in [0.4, 0.5) is 0 Å². The molecule has 1 heterocycles. The molecule has 1 aliphatic heterocycles. The lowest BCUT2D eigenvalue weighted by Gasteiger charge is -2.35. The first-order chi connectivity index (χ1) is 15.7. The highest BCUT2D eigenvalue weighted by atomic mass is 16.7. The fraction of sp³-hybridized carbons (Fsp3) is 0.786. The fourth-order valence-electron chi connectivity index (χ4n) is 6.50. The minimum atomic E-state index is -0.0726. The molecular weight excluding hydrogens is 395 g/mol. The van der Waals surface area contributed by atoms with Gasteiger partial charge in [0.15, 0.2) is 0 Å². The van der Waals surface area contributed by atoms with Crippen molar-refractivity contribution in [3.8, 4) is 0 Å². The fourth-order valence-corrected chi connectivity index (χ4v) is 6.50. The largest absolute Gasteiger partial charge is 0.461 e. The molecular formula is C28H45BO3. The van der Waals surface area contributed by atoms with Crippen molar-refractivity contribution in [1.82, 2.24) is 0 Å². The lowest BCUT2D eigenvalue weighted by molar-refractivity contribution is 0.0127. The Bertz CT molecular complexity index is 630. The molecule has 4 rings (SSSR count). The van der Waals surface area contributed by atoms with Crippen LogP contribution in [-0.4, -0.2) is 25.4 Å². The van der Waals surface area contributed by atoms with Gasteiger partial charge in [-0.3, -0.25) is 0 Å². The molecule has 178 valence electrons. The second-order valence-corrected chi connectivity index (χ2v) is 10.8. The summed E-state index contributed by atoms with van der Waals surface area (Å²) in [4.78, 5) is 0. The third-order valence-electron chi connectivity index (χ3n) is 8.73. The Labute approximate surface area is 197 Å². The van der Waals surface area contributed by atoms with E-state index in [9.17, 15) is 0 Å². The van der Waals surface area contributed by atoms with Crippen molar-refractivity contribution in [2.75, 3.05) is 0 Å². The van der Waals surface area contributed by atoms with Gasteiger partial charge in [-0.1, -0.05) is 89.1 Å². The molecule has 1 aromatic rings. The van der Waals surface area contributed by atoms with E-state index in [0.717, 1.165) is 6.42 Å². The zero-order valence-corrected chi connectivity index (χ0v) is 20.7. The Morgan fingerprint density at radius 2 is 1.38 bits per heavy atom. The summed E-state index contributed by atoms with van der Waals surface area (Å²) in [7, 11) is -0.0726. The van der Waals surface area contributed by atoms with Crippen LogP contribution < -0.4 is 0 Å². The van der Waals surface area contributed by atoms with E-state index in [4.69, 9.17) is 14.0 Å². The van der Waals surface area contributed by atoms with Gasteiger partial charge in [0.2, 0.25) is 0 Å². The summed E-state index contributed by atoms with van der Waals surface area (Å²) in [5.74, 6) is 2.16. The Kier molecular flexibility index (Phi) is 9.14. The lowest BCUT2D eigenvalue weighted by Crippen LogP contribution is -2.38. The molecule has 1 aromatic carbocycles. The molecule has 2 saturated carbocycles. The van der Waals surface area contributed by atoms with Crippen LogP contribution in [0.5, 0.6) is 0 Å². The van der Waals surface area contributed by atoms with Crippen molar-refractivity contribution >= 4 is 7.12 Å². The summed E-state index contributed by atoms with van der Waals surface area (Å²) in [6, 6.07) is 10.5. The van der Waals surface area contributed by atoms with E-state index in [-0.39, 0.29) is 13.2 Å². The predicted octanol–water partition coefficient (Wildman–Crippen LogP) is 7.44. The molecule has 0 aromatic heterocycles. The lowest BCUT2D eigenvalue weighted by atomic mass is 9.62. The molecule has 3 nitrogen and oxygen atoms in total. The Hall–Kier alpha value is -0.835. The molecule has 0 N–H and O–H groups in total. The third-order valence-corrected chi connectivity index (χ3v) is 8.73. The molecule has 0 bridgehead atoms. The van der Waals surface area contributed by atoms with E-state index >= 15 is 0 Å². The minimum Gasteiger partial charge on any atom is -0.405 e. The molecule has 3 fully saturated rings. The summed E-state index contributed by atoms with van der Waals surface area (Å²) in [5.41, 5.74) is 1.24. The quantitative estimate of drug-likeness (QED) is 0.374. The van der Waals surface area contributed by atoms with Gasteiger partial charge in [0.05, 0.1) is 24.9 Å². The normalized spacial score (nSPS) is 28.5. The number of rotatable bonds is 9. The van der Waals surface area contributed by atoms with Gasteiger partial charge in [-0.15, -0.1) is 0 Å². The first-order valence-corrected chi connectivity index (χ1v) is 13.6. The molecule has 0 unspecified atom stereocenters. The van der Waals surface area contributed by atoms with E-state index in [2.05, 4.69) is 51.1 Å². The van der Waals surface area contributed by atoms with Crippen LogP contribution >= 0.6 is 0 Å². The van der Waals surface area contributed by atoms with E-state index in [0.29, 0.717) is 42.4 Å². The van der Waals surface area contributed by atoms with Gasteiger partial charge >= 0.3 is 7.12 Å². The Morgan fingerprint density at radius 1 is 0.844 bits per heavy atom. The van der Waals surface area contributed by atoms with Crippen molar-refractivity contribution in [3.05, 3.63) is 35.9 Å². The number of ether oxygens (including phenoxy) is 1. The number of benzene rings is 1. The SMILES string of the molecule is CC[C@@H](B1O[C@@H](C2CCCCC2)[C@H](C2CCCCC2)O1)[C@H](C)[C@H](C)OCc1ccccc1. The second-order valence-electron chi connectivity index (χ2n) is 10.8. The Morgan fingerprint density at radius 3 is 1.88 bits per heavy atom. The van der Waals surface area contributed by atoms with Gasteiger partial charge in [-0.2, -0.15) is 0 Å². The summed E-state index contributed by atoms with van der Waals surface area (Å²) in [6.45, 7) is 7.52. The molecule has 1 saturated heterocycles. The van der Waals surface area contributed by atoms with E-state index in [1.807, 2.05) is 0 Å². The predicted molar refractivity (Wildman–Crippen MR) is 133 cm³/mol. The highest BCUT2D eigenvalue weighted by Gasteiger charge is 2.50. The van der Waals surface area contributed by atoms with E-state index in [1.165, 1.54) is 69.8 Å². The maximum absolute atomic E-state index is 6.88. The zero-order valence-electron chi connectivity index (χ0n) is 20.7. The maximum Gasteiger partial charge on any atom is 0.461 e. The van der Waals surface area contributed by atoms with Gasteiger partial charge in [0.1, 0.15) is 0 Å². The molecule has 0 amide bonds. The van der Waals surface area contributed by atoms with Crippen molar-refractivity contribution in [3.63, 3.8) is 0 Å². The summed E-state index contributed by atoms with van der Waals surface area (Å²) < 4.78 is 20.1. The van der Waals surface area contributed by atoms with Crippen LogP contribution in [0.25, 0.3) is 0 Å². The molecule has 0 radical (unpaired) electrons. The summed E-state index contributed by atoms with van der Waals surface area (Å²) >= 11 is 0. The van der Waals surface area contributed by atoms with Crippen LogP contribution in [0.1, 0.15) is 97.0 Å². The highest BCUT2D eigenvalue weighted by molar-refractivity contribution is 6.47. The van der Waals surface area contributed by atoms with Crippen LogP contribution in [0, 0.1) is 17.8 Å². The monoisotopic (exact) mass is 440 g/mol. The number of hydrogen-bond donors (Lipinski definition) is 0. The molecule has 5 atom stereocenters. The minimum absolute atomic E-state index is 0.0726. The molecule has 3 aliphatic rings. The van der Waals surface area contributed by atoms with Crippen LogP contribution in [0.3, 0.4) is 0 Å². The Balaban J connectivity index is 1.41. The van der Waals surface area contributed by atoms with Gasteiger partial charge < -0.3 is 14.0 Å². The molecule has 4 heteroatoms.